The van der Waals surface area contributed by atoms with Crippen LogP contribution in [0.3, 0.4) is 0 Å². The van der Waals surface area contributed by atoms with Gasteiger partial charge in [0, 0.05) is 9.26 Å². The van der Waals surface area contributed by atoms with Gasteiger partial charge in [0.2, 0.25) is 0 Å². The summed E-state index contributed by atoms with van der Waals surface area (Å²) in [6.07, 6.45) is 0. The summed E-state index contributed by atoms with van der Waals surface area (Å²) in [5.74, 6) is 1.17. The molecule has 1 aromatic carbocycles. The summed E-state index contributed by atoms with van der Waals surface area (Å²) in [4.78, 5) is 8.84. The van der Waals surface area contributed by atoms with Crippen molar-refractivity contribution < 1.29 is 0 Å². The second kappa shape index (κ2) is 5.14. The van der Waals surface area contributed by atoms with Crippen molar-refractivity contribution in [2.75, 3.05) is 5.73 Å². The van der Waals surface area contributed by atoms with E-state index in [-0.39, 0.29) is 0 Å². The van der Waals surface area contributed by atoms with Crippen molar-refractivity contribution in [2.24, 2.45) is 0 Å². The normalized spacial score (nSPS) is 11.3. The summed E-state index contributed by atoms with van der Waals surface area (Å²) in [5, 5.41) is 1.59. The van der Waals surface area contributed by atoms with Crippen LogP contribution in [-0.4, -0.2) is 14.5 Å². The predicted octanol–water partition coefficient (Wildman–Crippen LogP) is 4.19. The molecule has 4 nitrogen and oxygen atoms in total. The van der Waals surface area contributed by atoms with E-state index in [0.717, 1.165) is 31.5 Å². The highest BCUT2D eigenvalue weighted by atomic mass is 127. The molecule has 0 bridgehead atoms. The Bertz CT molecular complexity index is 870. The van der Waals surface area contributed by atoms with Crippen molar-refractivity contribution in [3.63, 3.8) is 0 Å². The molecule has 0 radical (unpaired) electrons. The van der Waals surface area contributed by atoms with Gasteiger partial charge in [-0.1, -0.05) is 11.6 Å². The van der Waals surface area contributed by atoms with Crippen LogP contribution in [0.2, 0.25) is 5.02 Å². The second-order valence-electron chi connectivity index (χ2n) is 5.00. The van der Waals surface area contributed by atoms with Crippen LogP contribution < -0.4 is 5.73 Å². The third kappa shape index (κ3) is 2.28. The van der Waals surface area contributed by atoms with Crippen molar-refractivity contribution in [3.8, 4) is 5.69 Å². The monoisotopic (exact) mass is 412 g/mol. The third-order valence-corrected chi connectivity index (χ3v) is 4.62. The summed E-state index contributed by atoms with van der Waals surface area (Å²) in [6, 6.07) is 5.97. The summed E-state index contributed by atoms with van der Waals surface area (Å²) >= 11 is 8.67. The molecule has 0 unspecified atom stereocenters. The summed E-state index contributed by atoms with van der Waals surface area (Å²) < 4.78 is 3.14. The largest absolute Gasteiger partial charge is 0.383 e. The molecule has 0 atom stereocenters. The Morgan fingerprint density at radius 2 is 1.90 bits per heavy atom. The first-order valence-electron chi connectivity index (χ1n) is 6.47. The van der Waals surface area contributed by atoms with E-state index >= 15 is 0 Å². The van der Waals surface area contributed by atoms with Crippen LogP contribution in [0.5, 0.6) is 0 Å². The van der Waals surface area contributed by atoms with E-state index in [2.05, 4.69) is 32.6 Å². The molecule has 2 N–H and O–H groups in total. The minimum absolute atomic E-state index is 0.512. The van der Waals surface area contributed by atoms with E-state index in [4.69, 9.17) is 17.3 Å². The van der Waals surface area contributed by atoms with E-state index in [1.165, 1.54) is 0 Å². The first kappa shape index (κ1) is 14.6. The van der Waals surface area contributed by atoms with Crippen LogP contribution in [0, 0.1) is 24.3 Å². The van der Waals surface area contributed by atoms with Crippen LogP contribution in [-0.2, 0) is 0 Å². The first-order valence-corrected chi connectivity index (χ1v) is 7.93. The van der Waals surface area contributed by atoms with Gasteiger partial charge in [0.1, 0.15) is 11.6 Å². The van der Waals surface area contributed by atoms with E-state index in [1.54, 1.807) is 0 Å². The Labute approximate surface area is 141 Å². The Morgan fingerprint density at radius 3 is 2.57 bits per heavy atom. The number of nitrogens with two attached hydrogens (primary N) is 1. The number of aryl methyl sites for hydroxylation is 2. The summed E-state index contributed by atoms with van der Waals surface area (Å²) in [5.41, 5.74) is 9.94. The number of nitrogen functional groups attached to an aromatic ring is 1. The molecule has 3 rings (SSSR count). The van der Waals surface area contributed by atoms with E-state index in [1.807, 2.05) is 43.5 Å². The molecule has 2 heterocycles. The van der Waals surface area contributed by atoms with Gasteiger partial charge >= 0.3 is 0 Å². The van der Waals surface area contributed by atoms with Crippen LogP contribution in [0.4, 0.5) is 5.82 Å². The van der Waals surface area contributed by atoms with Gasteiger partial charge in [-0.25, -0.2) is 9.97 Å². The quantitative estimate of drug-likeness (QED) is 0.610. The first-order chi connectivity index (χ1) is 9.90. The molecule has 2 aromatic heterocycles. The second-order valence-corrected chi connectivity index (χ2v) is 6.65. The molecule has 0 aliphatic heterocycles. The van der Waals surface area contributed by atoms with Crippen molar-refractivity contribution >= 4 is 51.0 Å². The number of fused-ring (bicyclic) bond motifs is 1. The highest BCUT2D eigenvalue weighted by molar-refractivity contribution is 14.1. The smallest absolute Gasteiger partial charge is 0.150 e. The van der Waals surface area contributed by atoms with Gasteiger partial charge in [-0.3, -0.25) is 4.57 Å². The van der Waals surface area contributed by atoms with Gasteiger partial charge in [0.15, 0.2) is 5.65 Å². The molecule has 3 aromatic rings. The number of aromatic nitrogens is 3. The zero-order valence-corrected chi connectivity index (χ0v) is 14.8. The van der Waals surface area contributed by atoms with Crippen LogP contribution in [0.25, 0.3) is 16.7 Å². The number of anilines is 1. The fourth-order valence-electron chi connectivity index (χ4n) is 2.57. The average molecular weight is 413 g/mol. The maximum Gasteiger partial charge on any atom is 0.150 e. The van der Waals surface area contributed by atoms with Crippen molar-refractivity contribution in [2.45, 2.75) is 20.8 Å². The lowest BCUT2D eigenvalue weighted by atomic mass is 10.2. The van der Waals surface area contributed by atoms with Gasteiger partial charge < -0.3 is 5.73 Å². The van der Waals surface area contributed by atoms with Gasteiger partial charge in [0.25, 0.3) is 0 Å². The lowest BCUT2D eigenvalue weighted by Gasteiger charge is -2.10. The molecule has 108 valence electrons. The number of hydrogen-bond acceptors (Lipinski definition) is 3. The van der Waals surface area contributed by atoms with Crippen molar-refractivity contribution in [1.82, 2.24) is 14.5 Å². The molecule has 0 saturated heterocycles. The predicted molar refractivity (Wildman–Crippen MR) is 95.2 cm³/mol. The van der Waals surface area contributed by atoms with E-state index < -0.39 is 0 Å². The zero-order valence-electron chi connectivity index (χ0n) is 11.9. The Hall–Kier alpha value is -1.34. The highest BCUT2D eigenvalue weighted by Gasteiger charge is 2.18. The molecule has 0 spiro atoms. The summed E-state index contributed by atoms with van der Waals surface area (Å²) in [6.45, 7) is 5.91. The minimum atomic E-state index is 0.512. The number of hydrogen-bond donors (Lipinski definition) is 1. The lowest BCUT2D eigenvalue weighted by Crippen LogP contribution is -2.02. The van der Waals surface area contributed by atoms with Crippen LogP contribution in [0.15, 0.2) is 18.2 Å². The van der Waals surface area contributed by atoms with Crippen LogP contribution in [0.1, 0.15) is 17.1 Å². The maximum atomic E-state index is 6.42. The van der Waals surface area contributed by atoms with Gasteiger partial charge in [0.05, 0.1) is 16.1 Å². The zero-order chi connectivity index (χ0) is 15.3. The molecular formula is C15H14ClIN4. The molecule has 0 fully saturated rings. The van der Waals surface area contributed by atoms with Crippen molar-refractivity contribution in [3.05, 3.63) is 43.9 Å². The molecule has 0 aliphatic rings. The molecular weight excluding hydrogens is 399 g/mol. The standard InChI is InChI=1S/C15H14ClIN4/c1-7-8(2)21(12-5-4-10(17)6-11(12)16)15-13(7)14(18)19-9(3)20-15/h4-6H,1-3H3,(H2,18,19,20). The van der Waals surface area contributed by atoms with Gasteiger partial charge in [-0.15, -0.1) is 0 Å². The molecule has 21 heavy (non-hydrogen) atoms. The average Bonchev–Trinajstić information content (AvgIpc) is 2.63. The molecule has 0 saturated carbocycles. The van der Waals surface area contributed by atoms with Gasteiger partial charge in [-0.2, -0.15) is 0 Å². The number of benzene rings is 1. The van der Waals surface area contributed by atoms with Gasteiger partial charge in [-0.05, 0) is 67.1 Å². The van der Waals surface area contributed by atoms with E-state index in [9.17, 15) is 0 Å². The third-order valence-electron chi connectivity index (χ3n) is 3.65. The maximum absolute atomic E-state index is 6.42. The Morgan fingerprint density at radius 1 is 1.19 bits per heavy atom. The fraction of sp³-hybridized carbons (Fsp3) is 0.200. The minimum Gasteiger partial charge on any atom is -0.383 e. The van der Waals surface area contributed by atoms with E-state index in [0.29, 0.717) is 16.7 Å². The topological polar surface area (TPSA) is 56.7 Å². The lowest BCUT2D eigenvalue weighted by molar-refractivity contribution is 0.995. The highest BCUT2D eigenvalue weighted by Crippen LogP contribution is 2.33. The number of halogens is 2. The summed E-state index contributed by atoms with van der Waals surface area (Å²) in [7, 11) is 0. The number of rotatable bonds is 1. The Kier molecular flexibility index (Phi) is 3.57. The molecule has 6 heteroatoms. The fourth-order valence-corrected chi connectivity index (χ4v) is 3.51. The Balaban J connectivity index is 2.45. The molecule has 0 aliphatic carbocycles. The van der Waals surface area contributed by atoms with Crippen LogP contribution >= 0.6 is 34.2 Å². The number of nitrogens with zero attached hydrogens (tertiary/aromatic N) is 3. The van der Waals surface area contributed by atoms with Crippen molar-refractivity contribution in [1.29, 1.82) is 0 Å². The SMILES string of the molecule is Cc1nc(N)c2c(C)c(C)n(-c3ccc(I)cc3Cl)c2n1. The molecule has 0 amide bonds.